The van der Waals surface area contributed by atoms with Gasteiger partial charge in [-0.1, -0.05) is 34.8 Å². The van der Waals surface area contributed by atoms with Gasteiger partial charge in [0.1, 0.15) is 0 Å². The van der Waals surface area contributed by atoms with E-state index in [9.17, 15) is 9.59 Å². The number of halogens is 3. The average Bonchev–Trinajstić information content (AvgIpc) is 2.76. The molecule has 0 fully saturated rings. The Morgan fingerprint density at radius 2 is 1.66 bits per heavy atom. The molecule has 3 aromatic carbocycles. The third kappa shape index (κ3) is 6.23. The summed E-state index contributed by atoms with van der Waals surface area (Å²) in [5.74, 6) is -0.427. The average molecular weight is 492 g/mol. The third-order valence-electron chi connectivity index (χ3n) is 4.11. The van der Waals surface area contributed by atoms with Crippen molar-refractivity contribution in [2.24, 2.45) is 5.10 Å². The van der Waals surface area contributed by atoms with Gasteiger partial charge in [0, 0.05) is 10.0 Å². The molecule has 0 aliphatic carbocycles. The molecule has 0 unspecified atom stereocenters. The van der Waals surface area contributed by atoms with Crippen LogP contribution in [0, 0.1) is 0 Å². The van der Waals surface area contributed by atoms with E-state index in [0.717, 1.165) is 0 Å². The van der Waals surface area contributed by atoms with E-state index in [1.807, 2.05) is 6.92 Å². The molecular weight excluding hydrogens is 475 g/mol. The number of esters is 1. The van der Waals surface area contributed by atoms with E-state index in [-0.39, 0.29) is 16.3 Å². The number of benzene rings is 3. The molecule has 0 heterocycles. The van der Waals surface area contributed by atoms with Crippen LogP contribution in [0.5, 0.6) is 11.5 Å². The van der Waals surface area contributed by atoms with Gasteiger partial charge in [0.15, 0.2) is 11.5 Å². The maximum atomic E-state index is 12.4. The first-order valence-corrected chi connectivity index (χ1v) is 10.5. The van der Waals surface area contributed by atoms with E-state index in [4.69, 9.17) is 44.3 Å². The number of nitrogens with zero attached hydrogens (tertiary/aromatic N) is 1. The summed E-state index contributed by atoms with van der Waals surface area (Å²) in [5.41, 5.74) is 3.61. The molecule has 1 N–H and O–H groups in total. The monoisotopic (exact) mass is 490 g/mol. The fourth-order valence-corrected chi connectivity index (χ4v) is 3.22. The zero-order chi connectivity index (χ0) is 23.1. The molecule has 0 spiro atoms. The molecule has 0 saturated carbocycles. The van der Waals surface area contributed by atoms with Gasteiger partial charge in [0.2, 0.25) is 0 Å². The Morgan fingerprint density at radius 1 is 0.938 bits per heavy atom. The number of rotatable bonds is 7. The first kappa shape index (κ1) is 23.6. The Labute approximate surface area is 199 Å². The molecule has 164 valence electrons. The third-order valence-corrected chi connectivity index (χ3v) is 4.91. The second-order valence-corrected chi connectivity index (χ2v) is 7.64. The molecule has 6 nitrogen and oxygen atoms in total. The van der Waals surface area contributed by atoms with Crippen molar-refractivity contribution < 1.29 is 19.1 Å². The number of carbonyl (C=O) groups excluding carboxylic acids is 2. The summed E-state index contributed by atoms with van der Waals surface area (Å²) >= 11 is 17.7. The first-order chi connectivity index (χ1) is 15.4. The van der Waals surface area contributed by atoms with Gasteiger partial charge in [-0.25, -0.2) is 10.2 Å². The van der Waals surface area contributed by atoms with Gasteiger partial charge in [0.05, 0.1) is 29.0 Å². The van der Waals surface area contributed by atoms with Crippen LogP contribution in [0.25, 0.3) is 0 Å². The number of hydrogen-bond acceptors (Lipinski definition) is 5. The van der Waals surface area contributed by atoms with Crippen molar-refractivity contribution in [1.82, 2.24) is 5.43 Å². The Balaban J connectivity index is 1.71. The summed E-state index contributed by atoms with van der Waals surface area (Å²) in [6.07, 6.45) is 1.43. The Hall–Kier alpha value is -3.06. The van der Waals surface area contributed by atoms with Gasteiger partial charge in [0.25, 0.3) is 5.91 Å². The lowest BCUT2D eigenvalue weighted by Crippen LogP contribution is -2.18. The van der Waals surface area contributed by atoms with E-state index in [2.05, 4.69) is 10.5 Å². The molecule has 0 radical (unpaired) electrons. The van der Waals surface area contributed by atoms with Crippen LogP contribution in [0.2, 0.25) is 15.1 Å². The lowest BCUT2D eigenvalue weighted by atomic mass is 10.2. The molecule has 9 heteroatoms. The summed E-state index contributed by atoms with van der Waals surface area (Å²) in [5, 5.41) is 5.10. The van der Waals surface area contributed by atoms with Gasteiger partial charge < -0.3 is 9.47 Å². The van der Waals surface area contributed by atoms with Crippen LogP contribution in [0.4, 0.5) is 0 Å². The SMILES string of the molecule is CCOc1cc(/C=N/NC(=O)c2ccc(Cl)cc2Cl)ccc1OC(=O)c1ccc(Cl)cc1. The van der Waals surface area contributed by atoms with Crippen molar-refractivity contribution in [3.8, 4) is 11.5 Å². The number of nitrogens with one attached hydrogen (secondary N) is 1. The quantitative estimate of drug-likeness (QED) is 0.189. The maximum absolute atomic E-state index is 12.4. The van der Waals surface area contributed by atoms with Crippen LogP contribution in [0.3, 0.4) is 0 Å². The van der Waals surface area contributed by atoms with Gasteiger partial charge >= 0.3 is 5.97 Å². The number of hydrogen-bond donors (Lipinski definition) is 1. The van der Waals surface area contributed by atoms with Gasteiger partial charge in [-0.15, -0.1) is 0 Å². The lowest BCUT2D eigenvalue weighted by molar-refractivity contribution is 0.0728. The Morgan fingerprint density at radius 3 is 2.34 bits per heavy atom. The summed E-state index contributed by atoms with van der Waals surface area (Å²) in [6, 6.07) is 15.8. The zero-order valence-corrected chi connectivity index (χ0v) is 19.0. The van der Waals surface area contributed by atoms with Crippen LogP contribution < -0.4 is 14.9 Å². The maximum Gasteiger partial charge on any atom is 0.343 e. The van der Waals surface area contributed by atoms with Crippen LogP contribution in [0.1, 0.15) is 33.2 Å². The summed E-state index contributed by atoms with van der Waals surface area (Å²) < 4.78 is 11.0. The minimum absolute atomic E-state index is 0.218. The summed E-state index contributed by atoms with van der Waals surface area (Å²) in [6.45, 7) is 2.17. The largest absolute Gasteiger partial charge is 0.490 e. The number of hydrazone groups is 1. The molecule has 3 aromatic rings. The molecule has 0 bridgehead atoms. The summed E-state index contributed by atoms with van der Waals surface area (Å²) in [4.78, 5) is 24.6. The minimum atomic E-state index is -0.545. The van der Waals surface area contributed by atoms with Crippen LogP contribution in [-0.4, -0.2) is 24.7 Å². The first-order valence-electron chi connectivity index (χ1n) is 9.40. The number of carbonyl (C=O) groups is 2. The molecule has 0 aromatic heterocycles. The molecule has 0 saturated heterocycles. The van der Waals surface area contributed by atoms with Crippen molar-refractivity contribution in [2.45, 2.75) is 6.92 Å². The van der Waals surface area contributed by atoms with E-state index < -0.39 is 11.9 Å². The molecule has 0 atom stereocenters. The minimum Gasteiger partial charge on any atom is -0.490 e. The molecule has 32 heavy (non-hydrogen) atoms. The highest BCUT2D eigenvalue weighted by molar-refractivity contribution is 6.36. The normalized spacial score (nSPS) is 10.8. The lowest BCUT2D eigenvalue weighted by Gasteiger charge is -2.11. The van der Waals surface area contributed by atoms with Crippen molar-refractivity contribution in [3.63, 3.8) is 0 Å². The zero-order valence-electron chi connectivity index (χ0n) is 16.8. The van der Waals surface area contributed by atoms with Gasteiger partial charge in [-0.2, -0.15) is 5.10 Å². The van der Waals surface area contributed by atoms with Crippen LogP contribution in [0.15, 0.2) is 65.8 Å². The Kier molecular flexibility index (Phi) is 8.11. The molecular formula is C23H17Cl3N2O4. The molecule has 0 aliphatic rings. The highest BCUT2D eigenvalue weighted by Gasteiger charge is 2.14. The van der Waals surface area contributed by atoms with Crippen molar-refractivity contribution >= 4 is 52.9 Å². The molecule has 1 amide bonds. The predicted molar refractivity (Wildman–Crippen MR) is 126 cm³/mol. The molecule has 0 aliphatic heterocycles. The fourth-order valence-electron chi connectivity index (χ4n) is 2.60. The van der Waals surface area contributed by atoms with E-state index in [1.165, 1.54) is 18.3 Å². The van der Waals surface area contributed by atoms with E-state index in [1.54, 1.807) is 48.5 Å². The molecule has 3 rings (SSSR count). The van der Waals surface area contributed by atoms with Crippen molar-refractivity contribution in [1.29, 1.82) is 0 Å². The predicted octanol–water partition coefficient (Wildman–Crippen LogP) is 6.03. The highest BCUT2D eigenvalue weighted by atomic mass is 35.5. The van der Waals surface area contributed by atoms with Gasteiger partial charge in [-0.05, 0) is 73.2 Å². The van der Waals surface area contributed by atoms with Gasteiger partial charge in [-0.3, -0.25) is 4.79 Å². The second kappa shape index (κ2) is 11.0. The van der Waals surface area contributed by atoms with Crippen molar-refractivity contribution in [3.05, 3.63) is 92.4 Å². The standard InChI is InChI=1S/C23H17Cl3N2O4/c1-2-31-21-11-14(13-27-28-22(29)18-9-8-17(25)12-19(18)26)3-10-20(21)32-23(30)15-4-6-16(24)7-5-15/h3-13H,2H2,1H3,(H,28,29)/b27-13+. The summed E-state index contributed by atoms with van der Waals surface area (Å²) in [7, 11) is 0. The van der Waals surface area contributed by atoms with Crippen LogP contribution in [-0.2, 0) is 0 Å². The van der Waals surface area contributed by atoms with E-state index in [0.29, 0.717) is 33.5 Å². The van der Waals surface area contributed by atoms with Crippen LogP contribution >= 0.6 is 34.8 Å². The number of ether oxygens (including phenoxy) is 2. The van der Waals surface area contributed by atoms with Crippen molar-refractivity contribution in [2.75, 3.05) is 6.61 Å². The topological polar surface area (TPSA) is 77.0 Å². The smallest absolute Gasteiger partial charge is 0.343 e. The second-order valence-electron chi connectivity index (χ2n) is 6.36. The van der Waals surface area contributed by atoms with E-state index >= 15 is 0 Å². The Bertz CT molecular complexity index is 1160. The fraction of sp³-hybridized carbons (Fsp3) is 0.0870. The highest BCUT2D eigenvalue weighted by Crippen LogP contribution is 2.29. The number of amides is 1.